The van der Waals surface area contributed by atoms with E-state index in [2.05, 4.69) is 71.4 Å². The minimum atomic E-state index is -0.248. The Morgan fingerprint density at radius 3 is 2.24 bits per heavy atom. The first-order valence-electron chi connectivity index (χ1n) is 10.9. The van der Waals surface area contributed by atoms with Gasteiger partial charge in [0.15, 0.2) is 0 Å². The maximum atomic E-state index is 12.6. The fourth-order valence-corrected chi connectivity index (χ4v) is 4.12. The van der Waals surface area contributed by atoms with Crippen molar-refractivity contribution < 1.29 is 4.79 Å². The lowest BCUT2D eigenvalue weighted by Gasteiger charge is -2.10. The number of carbonyl (C=O) groups excluding carboxylic acids is 1. The van der Waals surface area contributed by atoms with Crippen molar-refractivity contribution >= 4 is 22.9 Å². The van der Waals surface area contributed by atoms with E-state index in [1.54, 1.807) is 6.21 Å². The van der Waals surface area contributed by atoms with Crippen molar-refractivity contribution in [2.24, 2.45) is 5.10 Å². The summed E-state index contributed by atoms with van der Waals surface area (Å²) in [5.74, 6) is -0.248. The van der Waals surface area contributed by atoms with Gasteiger partial charge in [-0.15, -0.1) is 0 Å². The number of nitrogens with one attached hydrogen (secondary N) is 1. The van der Waals surface area contributed by atoms with Crippen molar-refractivity contribution in [2.45, 2.75) is 13.8 Å². The van der Waals surface area contributed by atoms with Crippen molar-refractivity contribution in [3.8, 4) is 11.4 Å². The number of carbonyl (C=O) groups is 1. The Hall–Kier alpha value is -4.38. The number of aromatic nitrogens is 2. The van der Waals surface area contributed by atoms with Crippen LogP contribution in [0, 0.1) is 13.8 Å². The molecule has 2 heterocycles. The van der Waals surface area contributed by atoms with Crippen LogP contribution < -0.4 is 5.43 Å². The van der Waals surface area contributed by atoms with Crippen molar-refractivity contribution in [2.75, 3.05) is 0 Å². The van der Waals surface area contributed by atoms with Gasteiger partial charge in [-0.1, -0.05) is 30.3 Å². The van der Waals surface area contributed by atoms with Crippen molar-refractivity contribution in [3.63, 3.8) is 0 Å². The highest BCUT2D eigenvalue weighted by atomic mass is 16.2. The van der Waals surface area contributed by atoms with Gasteiger partial charge in [0, 0.05) is 34.5 Å². The van der Waals surface area contributed by atoms with E-state index in [1.807, 2.05) is 59.3 Å². The first-order chi connectivity index (χ1) is 16.1. The summed E-state index contributed by atoms with van der Waals surface area (Å²) in [5, 5.41) is 6.56. The predicted octanol–water partition coefficient (Wildman–Crippen LogP) is 5.80. The molecule has 33 heavy (non-hydrogen) atoms. The molecule has 0 fully saturated rings. The van der Waals surface area contributed by atoms with Crippen LogP contribution in [-0.4, -0.2) is 21.3 Å². The van der Waals surface area contributed by atoms with Gasteiger partial charge in [0.25, 0.3) is 5.91 Å². The summed E-state index contributed by atoms with van der Waals surface area (Å²) in [6.45, 7) is 4.13. The first-order valence-corrected chi connectivity index (χ1v) is 10.9. The molecule has 2 aromatic heterocycles. The highest BCUT2D eigenvalue weighted by Gasteiger charge is 2.08. The number of hydrazone groups is 1. The van der Waals surface area contributed by atoms with Gasteiger partial charge in [-0.3, -0.25) is 4.79 Å². The Labute approximate surface area is 192 Å². The molecule has 0 spiro atoms. The Balaban J connectivity index is 1.30. The summed E-state index contributed by atoms with van der Waals surface area (Å²) in [4.78, 5) is 12.6. The molecule has 3 aromatic carbocycles. The Morgan fingerprint density at radius 1 is 0.788 bits per heavy atom. The number of amides is 1. The highest BCUT2D eigenvalue weighted by Crippen LogP contribution is 2.20. The second-order valence-corrected chi connectivity index (χ2v) is 8.03. The third-order valence-electron chi connectivity index (χ3n) is 5.81. The zero-order chi connectivity index (χ0) is 22.8. The molecule has 162 valence electrons. The maximum absolute atomic E-state index is 12.6. The lowest BCUT2D eigenvalue weighted by atomic mass is 10.1. The second-order valence-electron chi connectivity index (χ2n) is 8.03. The number of fused-ring (bicyclic) bond motifs is 1. The molecule has 0 atom stereocenters. The zero-order valence-corrected chi connectivity index (χ0v) is 18.6. The van der Waals surface area contributed by atoms with Crippen molar-refractivity contribution in [3.05, 3.63) is 120 Å². The van der Waals surface area contributed by atoms with Gasteiger partial charge < -0.3 is 9.13 Å². The molecule has 5 rings (SSSR count). The molecule has 0 aliphatic rings. The van der Waals surface area contributed by atoms with Gasteiger partial charge in [-0.2, -0.15) is 5.10 Å². The molecule has 5 nitrogen and oxygen atoms in total. The highest BCUT2D eigenvalue weighted by molar-refractivity contribution is 5.95. The van der Waals surface area contributed by atoms with E-state index in [-0.39, 0.29) is 5.91 Å². The van der Waals surface area contributed by atoms with Gasteiger partial charge in [0.1, 0.15) is 0 Å². The SMILES string of the molecule is Cc1ccc(C)n1-c1ccc(C(=O)N/N=C/c2cccn2-c2ccc3ccccc3c2)cc1. The zero-order valence-electron chi connectivity index (χ0n) is 18.6. The van der Waals surface area contributed by atoms with E-state index < -0.39 is 0 Å². The molecule has 0 aliphatic carbocycles. The minimum Gasteiger partial charge on any atom is -0.319 e. The van der Waals surface area contributed by atoms with E-state index in [0.29, 0.717) is 5.56 Å². The molecule has 0 radical (unpaired) electrons. The number of benzene rings is 3. The largest absolute Gasteiger partial charge is 0.319 e. The smallest absolute Gasteiger partial charge is 0.271 e. The Kier molecular flexibility index (Phi) is 5.37. The van der Waals surface area contributed by atoms with Gasteiger partial charge in [-0.25, -0.2) is 5.43 Å². The normalized spacial score (nSPS) is 11.3. The summed E-state index contributed by atoms with van der Waals surface area (Å²) in [7, 11) is 0. The number of rotatable bonds is 5. The minimum absolute atomic E-state index is 0.248. The lowest BCUT2D eigenvalue weighted by molar-refractivity contribution is 0.0955. The third-order valence-corrected chi connectivity index (χ3v) is 5.81. The van der Waals surface area contributed by atoms with Crippen molar-refractivity contribution in [1.82, 2.24) is 14.6 Å². The van der Waals surface area contributed by atoms with Crippen LogP contribution in [-0.2, 0) is 0 Å². The first kappa shape index (κ1) is 20.5. The second kappa shape index (κ2) is 8.63. The molecular weight excluding hydrogens is 408 g/mol. The summed E-state index contributed by atoms with van der Waals surface area (Å²) in [6.07, 6.45) is 3.64. The summed E-state index contributed by atoms with van der Waals surface area (Å²) >= 11 is 0. The van der Waals surface area contributed by atoms with E-state index in [9.17, 15) is 4.79 Å². The standard InChI is InChI=1S/C28H24N4O/c1-20-9-10-21(2)32(20)25-14-12-23(13-15-25)28(33)30-29-19-27-8-5-17-31(27)26-16-11-22-6-3-4-7-24(22)18-26/h3-19H,1-2H3,(H,30,33)/b29-19+. The molecule has 0 saturated heterocycles. The van der Waals surface area contributed by atoms with E-state index >= 15 is 0 Å². The fraction of sp³-hybridized carbons (Fsp3) is 0.0714. The van der Waals surface area contributed by atoms with Crippen LogP contribution in [0.15, 0.2) is 102 Å². The molecule has 5 heteroatoms. The summed E-state index contributed by atoms with van der Waals surface area (Å²) < 4.78 is 4.19. The number of aryl methyl sites for hydroxylation is 2. The van der Waals surface area contributed by atoms with Gasteiger partial charge in [-0.05, 0) is 85.3 Å². The van der Waals surface area contributed by atoms with Crippen LogP contribution in [0.1, 0.15) is 27.4 Å². The van der Waals surface area contributed by atoms with E-state index in [0.717, 1.165) is 28.5 Å². The average Bonchev–Trinajstić information content (AvgIpc) is 3.44. The fourth-order valence-electron chi connectivity index (χ4n) is 4.12. The van der Waals surface area contributed by atoms with Crippen molar-refractivity contribution in [1.29, 1.82) is 0 Å². The molecule has 0 bridgehead atoms. The van der Waals surface area contributed by atoms with Crippen LogP contribution in [0.25, 0.3) is 22.1 Å². The molecule has 1 N–H and O–H groups in total. The van der Waals surface area contributed by atoms with Crippen LogP contribution in [0.4, 0.5) is 0 Å². The maximum Gasteiger partial charge on any atom is 0.271 e. The van der Waals surface area contributed by atoms with Crippen LogP contribution >= 0.6 is 0 Å². The van der Waals surface area contributed by atoms with Crippen LogP contribution in [0.2, 0.25) is 0 Å². The van der Waals surface area contributed by atoms with Crippen LogP contribution in [0.3, 0.4) is 0 Å². The lowest BCUT2D eigenvalue weighted by Crippen LogP contribution is -2.18. The molecular formula is C28H24N4O. The monoisotopic (exact) mass is 432 g/mol. The topological polar surface area (TPSA) is 51.3 Å². The molecule has 0 aliphatic heterocycles. The molecule has 0 unspecified atom stereocenters. The predicted molar refractivity (Wildman–Crippen MR) is 134 cm³/mol. The Bertz CT molecular complexity index is 1450. The summed E-state index contributed by atoms with van der Waals surface area (Å²) in [6, 6.07) is 30.2. The average molecular weight is 433 g/mol. The number of nitrogens with zero attached hydrogens (tertiary/aromatic N) is 3. The van der Waals surface area contributed by atoms with Gasteiger partial charge in [0.05, 0.1) is 11.9 Å². The third kappa shape index (κ3) is 4.08. The van der Waals surface area contributed by atoms with Gasteiger partial charge in [0.2, 0.25) is 0 Å². The number of hydrogen-bond acceptors (Lipinski definition) is 2. The van der Waals surface area contributed by atoms with E-state index in [4.69, 9.17) is 0 Å². The molecule has 1 amide bonds. The molecule has 0 saturated carbocycles. The van der Waals surface area contributed by atoms with Gasteiger partial charge >= 0.3 is 0 Å². The summed E-state index contributed by atoms with van der Waals surface area (Å²) in [5.41, 5.74) is 8.45. The van der Waals surface area contributed by atoms with E-state index in [1.165, 1.54) is 10.8 Å². The van der Waals surface area contributed by atoms with Crippen LogP contribution in [0.5, 0.6) is 0 Å². The Morgan fingerprint density at radius 2 is 1.48 bits per heavy atom. The molecule has 5 aromatic rings. The number of hydrogen-bond donors (Lipinski definition) is 1. The quantitative estimate of drug-likeness (QED) is 0.277.